The van der Waals surface area contributed by atoms with Gasteiger partial charge in [-0.2, -0.15) is 13.2 Å². The number of aryl methyl sites for hydroxylation is 1. The molecule has 0 saturated carbocycles. The summed E-state index contributed by atoms with van der Waals surface area (Å²) in [4.78, 5) is 36.1. The van der Waals surface area contributed by atoms with Crippen LogP contribution in [0.1, 0.15) is 18.1 Å². The van der Waals surface area contributed by atoms with Crippen molar-refractivity contribution in [1.29, 1.82) is 0 Å². The van der Waals surface area contributed by atoms with Gasteiger partial charge in [0.05, 0.1) is 42.9 Å². The number of urea groups is 1. The predicted octanol–water partition coefficient (Wildman–Crippen LogP) is 5.99. The van der Waals surface area contributed by atoms with Crippen molar-refractivity contribution in [1.82, 2.24) is 9.97 Å². The lowest BCUT2D eigenvalue weighted by Gasteiger charge is -2.20. The largest absolute Gasteiger partial charge is 0.493 e. The van der Waals surface area contributed by atoms with Crippen molar-refractivity contribution in [2.45, 2.75) is 19.5 Å². The van der Waals surface area contributed by atoms with E-state index in [2.05, 4.69) is 9.97 Å². The Hall–Kier alpha value is -4.87. The maximum Gasteiger partial charge on any atom is 0.417 e. The van der Waals surface area contributed by atoms with E-state index in [1.54, 1.807) is 42.6 Å². The number of amides is 3. The van der Waals surface area contributed by atoms with E-state index in [4.69, 9.17) is 14.2 Å². The second-order valence-corrected chi connectivity index (χ2v) is 8.81. The first-order valence-electron chi connectivity index (χ1n) is 12.1. The van der Waals surface area contributed by atoms with E-state index in [1.165, 1.54) is 14.2 Å². The van der Waals surface area contributed by atoms with Crippen molar-refractivity contribution >= 4 is 34.2 Å². The Labute approximate surface area is 226 Å². The third-order valence-electron chi connectivity index (χ3n) is 6.44. The lowest BCUT2D eigenvalue weighted by Crippen LogP contribution is -2.33. The number of nitrogens with zero attached hydrogens (tertiary/aromatic N) is 4. The number of pyridine rings is 2. The molecule has 0 spiro atoms. The minimum absolute atomic E-state index is 0.120. The summed E-state index contributed by atoms with van der Waals surface area (Å²) in [7, 11) is 3.06. The zero-order valence-electron chi connectivity index (χ0n) is 21.7. The van der Waals surface area contributed by atoms with E-state index in [1.807, 2.05) is 6.92 Å². The quantitative estimate of drug-likeness (QED) is 0.260. The SMILES string of the molecule is CCc1cc(Oc2ccnc3cc(OC)c(OC)cc23)ccc1N1C(=O)CN(c2cncc(C(F)(F)F)c2)C1=O. The average molecular weight is 553 g/mol. The van der Waals surface area contributed by atoms with E-state index in [-0.39, 0.29) is 5.69 Å². The number of aromatic nitrogens is 2. The van der Waals surface area contributed by atoms with E-state index >= 15 is 0 Å². The van der Waals surface area contributed by atoms with Gasteiger partial charge >= 0.3 is 12.2 Å². The Morgan fingerprint density at radius 2 is 1.70 bits per heavy atom. The molecule has 1 aliphatic heterocycles. The lowest BCUT2D eigenvalue weighted by molar-refractivity contribution is -0.137. The van der Waals surface area contributed by atoms with Crippen LogP contribution in [0.2, 0.25) is 0 Å². The van der Waals surface area contributed by atoms with Gasteiger partial charge in [0.15, 0.2) is 11.5 Å². The first-order valence-corrected chi connectivity index (χ1v) is 12.1. The number of benzene rings is 2. The third kappa shape index (κ3) is 4.83. The topological polar surface area (TPSA) is 94.1 Å². The number of imide groups is 1. The van der Waals surface area contributed by atoms with E-state index in [0.717, 1.165) is 22.1 Å². The summed E-state index contributed by atoms with van der Waals surface area (Å²) in [5.41, 5.74) is 0.434. The van der Waals surface area contributed by atoms with Crippen LogP contribution >= 0.6 is 0 Å². The highest BCUT2D eigenvalue weighted by Crippen LogP contribution is 2.39. The van der Waals surface area contributed by atoms with E-state index < -0.39 is 30.2 Å². The van der Waals surface area contributed by atoms with Crippen molar-refractivity contribution in [2.75, 3.05) is 30.6 Å². The first kappa shape index (κ1) is 26.7. The lowest BCUT2D eigenvalue weighted by atomic mass is 10.1. The molecule has 1 fully saturated rings. The summed E-state index contributed by atoms with van der Waals surface area (Å²) in [6.07, 6.45) is -0.826. The van der Waals surface area contributed by atoms with Crippen LogP contribution in [0, 0.1) is 0 Å². The molecule has 206 valence electrons. The molecule has 3 amide bonds. The normalized spacial score (nSPS) is 13.8. The van der Waals surface area contributed by atoms with Crippen molar-refractivity contribution in [3.63, 3.8) is 0 Å². The number of rotatable bonds is 7. The van der Waals surface area contributed by atoms with Crippen molar-refractivity contribution in [2.24, 2.45) is 0 Å². The molecule has 0 aliphatic carbocycles. The number of fused-ring (bicyclic) bond motifs is 1. The fourth-order valence-corrected chi connectivity index (χ4v) is 4.46. The zero-order valence-corrected chi connectivity index (χ0v) is 21.7. The van der Waals surface area contributed by atoms with Crippen LogP contribution < -0.4 is 24.0 Å². The second kappa shape index (κ2) is 10.4. The molecule has 0 bridgehead atoms. The van der Waals surface area contributed by atoms with Crippen LogP contribution in [0.5, 0.6) is 23.0 Å². The number of hydrogen-bond donors (Lipinski definition) is 0. The number of carbonyl (C=O) groups is 2. The fourth-order valence-electron chi connectivity index (χ4n) is 4.46. The molecule has 12 heteroatoms. The summed E-state index contributed by atoms with van der Waals surface area (Å²) in [5.74, 6) is 1.39. The smallest absolute Gasteiger partial charge is 0.417 e. The number of ether oxygens (including phenoxy) is 3. The van der Waals surface area contributed by atoms with Crippen molar-refractivity contribution < 1.29 is 37.0 Å². The van der Waals surface area contributed by atoms with E-state index in [0.29, 0.717) is 57.8 Å². The van der Waals surface area contributed by atoms with Gasteiger partial charge in [-0.25, -0.2) is 9.69 Å². The Morgan fingerprint density at radius 3 is 2.40 bits per heavy atom. The molecule has 0 unspecified atom stereocenters. The molecule has 1 aliphatic rings. The third-order valence-corrected chi connectivity index (χ3v) is 6.44. The molecule has 9 nitrogen and oxygen atoms in total. The number of hydrogen-bond acceptors (Lipinski definition) is 7. The number of halogens is 3. The van der Waals surface area contributed by atoms with Gasteiger partial charge in [-0.1, -0.05) is 6.92 Å². The van der Waals surface area contributed by atoms with Gasteiger partial charge < -0.3 is 14.2 Å². The van der Waals surface area contributed by atoms with Crippen LogP contribution in [-0.2, 0) is 17.4 Å². The second-order valence-electron chi connectivity index (χ2n) is 8.81. The molecule has 4 aromatic rings. The molecule has 2 aromatic heterocycles. The first-order chi connectivity index (χ1) is 19.1. The molecule has 0 radical (unpaired) electrons. The summed E-state index contributed by atoms with van der Waals surface area (Å²) >= 11 is 0. The number of methoxy groups -OCH3 is 2. The van der Waals surface area contributed by atoms with Crippen LogP contribution in [0.15, 0.2) is 61.1 Å². The van der Waals surface area contributed by atoms with Gasteiger partial charge in [-0.05, 0) is 48.4 Å². The summed E-state index contributed by atoms with van der Waals surface area (Å²) < 4.78 is 56.4. The molecule has 0 atom stereocenters. The standard InChI is InChI=1S/C28H23F3N4O5/c1-4-16-9-19(40-23-7-8-33-21-12-25(39-3)24(38-2)11-20(21)23)5-6-22(16)35-26(36)15-34(27(35)37)18-10-17(13-32-14-18)28(29,30)31/h5-14H,4,15H2,1-3H3. The van der Waals surface area contributed by atoms with E-state index in [9.17, 15) is 22.8 Å². The Morgan fingerprint density at radius 1 is 0.950 bits per heavy atom. The monoisotopic (exact) mass is 552 g/mol. The molecule has 3 heterocycles. The fraction of sp³-hybridized carbons (Fsp3) is 0.214. The van der Waals surface area contributed by atoms with Gasteiger partial charge in [0.1, 0.15) is 18.0 Å². The highest BCUT2D eigenvalue weighted by molar-refractivity contribution is 6.27. The number of carbonyl (C=O) groups excluding carboxylic acids is 2. The van der Waals surface area contributed by atoms with Gasteiger partial charge in [0.2, 0.25) is 0 Å². The molecular weight excluding hydrogens is 529 g/mol. The number of anilines is 2. The minimum atomic E-state index is -4.64. The Bertz CT molecular complexity index is 1630. The zero-order chi connectivity index (χ0) is 28.6. The van der Waals surface area contributed by atoms with Gasteiger partial charge in [0, 0.05) is 23.8 Å². The average Bonchev–Trinajstić information content (AvgIpc) is 3.25. The Balaban J connectivity index is 1.45. The molecule has 2 aromatic carbocycles. The highest BCUT2D eigenvalue weighted by Gasteiger charge is 2.40. The molecule has 40 heavy (non-hydrogen) atoms. The summed E-state index contributed by atoms with van der Waals surface area (Å²) in [6, 6.07) is 10.1. The number of alkyl halides is 3. The maximum absolute atomic E-state index is 13.2. The Kier molecular flexibility index (Phi) is 6.92. The van der Waals surface area contributed by atoms with Crippen molar-refractivity contribution in [3.05, 3.63) is 72.2 Å². The van der Waals surface area contributed by atoms with Crippen molar-refractivity contribution in [3.8, 4) is 23.0 Å². The van der Waals surface area contributed by atoms with Gasteiger partial charge in [-0.15, -0.1) is 0 Å². The summed E-state index contributed by atoms with van der Waals surface area (Å²) in [5, 5.41) is 0.678. The minimum Gasteiger partial charge on any atom is -0.493 e. The molecular formula is C28H23F3N4O5. The van der Waals surface area contributed by atoms with Crippen LogP contribution in [-0.4, -0.2) is 42.7 Å². The molecule has 0 N–H and O–H groups in total. The highest BCUT2D eigenvalue weighted by atomic mass is 19.4. The van der Waals surface area contributed by atoms with Gasteiger partial charge in [0.25, 0.3) is 5.91 Å². The van der Waals surface area contributed by atoms with Crippen LogP contribution in [0.25, 0.3) is 10.9 Å². The molecule has 1 saturated heterocycles. The van der Waals surface area contributed by atoms with Crippen LogP contribution in [0.4, 0.5) is 29.3 Å². The maximum atomic E-state index is 13.2. The van der Waals surface area contributed by atoms with Gasteiger partial charge in [-0.3, -0.25) is 19.7 Å². The summed E-state index contributed by atoms with van der Waals surface area (Å²) in [6.45, 7) is 1.43. The predicted molar refractivity (Wildman–Crippen MR) is 140 cm³/mol. The van der Waals surface area contributed by atoms with Crippen LogP contribution in [0.3, 0.4) is 0 Å². The molecule has 5 rings (SSSR count).